The van der Waals surface area contributed by atoms with E-state index in [9.17, 15) is 4.57 Å². The fourth-order valence-corrected chi connectivity index (χ4v) is 6.20. The van der Waals surface area contributed by atoms with Gasteiger partial charge in [0, 0.05) is 18.4 Å². The molecule has 3 nitrogen and oxygen atoms in total. The lowest BCUT2D eigenvalue weighted by Crippen LogP contribution is -2.43. The second kappa shape index (κ2) is 6.24. The predicted octanol–water partition coefficient (Wildman–Crippen LogP) is 5.26. The van der Waals surface area contributed by atoms with Gasteiger partial charge in [-0.1, -0.05) is 20.8 Å². The van der Waals surface area contributed by atoms with Gasteiger partial charge in [0.25, 0.3) is 0 Å². The van der Waals surface area contributed by atoms with E-state index >= 15 is 0 Å². The molecule has 0 aromatic rings. The van der Waals surface area contributed by atoms with E-state index < -0.39 is 15.7 Å². The van der Waals surface area contributed by atoms with Gasteiger partial charge in [-0.25, -0.2) is 0 Å². The highest BCUT2D eigenvalue weighted by Crippen LogP contribution is 2.56. The molecule has 3 atom stereocenters. The molecule has 0 heterocycles. The molecule has 1 aliphatic carbocycles. The topological polar surface area (TPSA) is 35.5 Å². The zero-order chi connectivity index (χ0) is 15.8. The minimum atomic E-state index is -2.50. The van der Waals surface area contributed by atoms with E-state index in [0.717, 1.165) is 19.3 Å². The molecule has 1 rings (SSSR count). The highest BCUT2D eigenvalue weighted by molar-refractivity contribution is 7.58. The van der Waals surface area contributed by atoms with Gasteiger partial charge in [0.05, 0.1) is 6.10 Å². The van der Waals surface area contributed by atoms with Crippen LogP contribution >= 0.6 is 7.37 Å². The molecule has 1 aliphatic rings. The average molecular weight is 320 g/mol. The summed E-state index contributed by atoms with van der Waals surface area (Å²) < 4.78 is 24.8. The van der Waals surface area contributed by atoms with Gasteiger partial charge in [-0.3, -0.25) is 4.57 Å². The van der Waals surface area contributed by atoms with Crippen LogP contribution in [0.2, 0.25) is 18.1 Å². The molecule has 0 aromatic heterocycles. The van der Waals surface area contributed by atoms with Crippen LogP contribution in [0.3, 0.4) is 0 Å². The summed E-state index contributed by atoms with van der Waals surface area (Å²) in [6.07, 6.45) is 3.19. The van der Waals surface area contributed by atoms with Crippen LogP contribution in [0.25, 0.3) is 0 Å². The summed E-state index contributed by atoms with van der Waals surface area (Å²) in [5.74, 6) is 0. The van der Waals surface area contributed by atoms with Crippen molar-refractivity contribution in [2.45, 2.75) is 89.9 Å². The molecule has 0 amide bonds. The largest absolute Gasteiger partial charge is 0.414 e. The Morgan fingerprint density at radius 2 is 1.75 bits per heavy atom. The third-order valence-electron chi connectivity index (χ3n) is 4.71. The van der Waals surface area contributed by atoms with Crippen molar-refractivity contribution in [1.29, 1.82) is 0 Å². The minimum Gasteiger partial charge on any atom is -0.414 e. The Kier molecular flexibility index (Phi) is 5.74. The normalized spacial score (nSPS) is 27.9. The third kappa shape index (κ3) is 4.69. The van der Waals surface area contributed by atoms with Crippen LogP contribution in [0.4, 0.5) is 0 Å². The van der Waals surface area contributed by atoms with E-state index in [0.29, 0.717) is 0 Å². The molecule has 0 aromatic carbocycles. The molecule has 1 saturated carbocycles. The molecule has 0 saturated heterocycles. The molecular weight excluding hydrogens is 287 g/mol. The predicted molar refractivity (Wildman–Crippen MR) is 89.5 cm³/mol. The van der Waals surface area contributed by atoms with E-state index in [2.05, 4.69) is 33.9 Å². The van der Waals surface area contributed by atoms with Crippen molar-refractivity contribution in [1.82, 2.24) is 0 Å². The van der Waals surface area contributed by atoms with Crippen LogP contribution in [0.15, 0.2) is 0 Å². The van der Waals surface area contributed by atoms with Crippen molar-refractivity contribution >= 4 is 15.7 Å². The summed E-state index contributed by atoms with van der Waals surface area (Å²) in [7, 11) is -4.23. The standard InChI is InChI=1S/C15H33O3PSi/c1-12(2)17-19(6,16)14-10-9-13(11-14)18-20(7,8)15(3,4)5/h12-14H,9-11H2,1-8H3/t13-,14+,19?/m0/s1. The summed E-state index contributed by atoms with van der Waals surface area (Å²) in [5.41, 5.74) is 0.180. The summed E-state index contributed by atoms with van der Waals surface area (Å²) in [4.78, 5) is 0. The van der Waals surface area contributed by atoms with Gasteiger partial charge in [-0.2, -0.15) is 0 Å². The molecule has 20 heavy (non-hydrogen) atoms. The van der Waals surface area contributed by atoms with Crippen molar-refractivity contribution in [3.05, 3.63) is 0 Å². The molecule has 0 radical (unpaired) electrons. The monoisotopic (exact) mass is 320 g/mol. The molecule has 120 valence electrons. The van der Waals surface area contributed by atoms with Gasteiger partial charge in [0.1, 0.15) is 0 Å². The Bertz CT molecular complexity index is 374. The zero-order valence-electron chi connectivity index (χ0n) is 14.5. The fraction of sp³-hybridized carbons (Fsp3) is 1.00. The maximum absolute atomic E-state index is 12.7. The van der Waals surface area contributed by atoms with Gasteiger partial charge in [-0.15, -0.1) is 0 Å². The van der Waals surface area contributed by atoms with Crippen LogP contribution in [-0.2, 0) is 13.5 Å². The fourth-order valence-electron chi connectivity index (χ4n) is 2.55. The molecule has 1 fully saturated rings. The Morgan fingerprint density at radius 1 is 1.20 bits per heavy atom. The summed E-state index contributed by atoms with van der Waals surface area (Å²) in [6.45, 7) is 17.1. The molecular formula is C15H33O3PSi. The van der Waals surface area contributed by atoms with Crippen molar-refractivity contribution in [3.63, 3.8) is 0 Å². The van der Waals surface area contributed by atoms with Gasteiger partial charge in [0.2, 0.25) is 7.37 Å². The van der Waals surface area contributed by atoms with Gasteiger partial charge >= 0.3 is 0 Å². The maximum Gasteiger partial charge on any atom is 0.203 e. The molecule has 0 bridgehead atoms. The molecule has 5 heteroatoms. The van der Waals surface area contributed by atoms with E-state index in [4.69, 9.17) is 8.95 Å². The van der Waals surface area contributed by atoms with Gasteiger partial charge in [-0.05, 0) is 51.2 Å². The Labute approximate surface area is 126 Å². The first-order valence-electron chi connectivity index (χ1n) is 7.78. The quantitative estimate of drug-likeness (QED) is 0.512. The SMILES string of the molecule is CC(C)OP(C)(=O)[C@@H]1CC[C@H](O[Si](C)(C)C(C)(C)C)C1. The molecule has 0 aliphatic heterocycles. The van der Waals surface area contributed by atoms with E-state index in [1.165, 1.54) is 0 Å². The minimum absolute atomic E-state index is 0.0335. The van der Waals surface area contributed by atoms with Crippen LogP contribution in [0.5, 0.6) is 0 Å². The van der Waals surface area contributed by atoms with Crippen molar-refractivity contribution in [2.24, 2.45) is 0 Å². The van der Waals surface area contributed by atoms with Crippen molar-refractivity contribution < 1.29 is 13.5 Å². The number of hydrogen-bond donors (Lipinski definition) is 0. The van der Waals surface area contributed by atoms with Gasteiger partial charge < -0.3 is 8.95 Å². The highest BCUT2D eigenvalue weighted by Gasteiger charge is 2.43. The number of rotatable bonds is 5. The second-order valence-electron chi connectivity index (χ2n) is 8.03. The molecule has 1 unspecified atom stereocenters. The van der Waals surface area contributed by atoms with E-state index in [1.807, 2.05) is 13.8 Å². The van der Waals surface area contributed by atoms with Crippen LogP contribution in [0, 0.1) is 0 Å². The average Bonchev–Trinajstić information content (AvgIpc) is 2.61. The Balaban J connectivity index is 2.63. The molecule has 0 N–H and O–H groups in total. The van der Waals surface area contributed by atoms with Crippen LogP contribution < -0.4 is 0 Å². The van der Waals surface area contributed by atoms with Crippen molar-refractivity contribution in [2.75, 3.05) is 6.66 Å². The van der Waals surface area contributed by atoms with Crippen molar-refractivity contribution in [3.8, 4) is 0 Å². The third-order valence-corrected chi connectivity index (χ3v) is 11.9. The van der Waals surface area contributed by atoms with E-state index in [-0.39, 0.29) is 22.9 Å². The number of hydrogen-bond acceptors (Lipinski definition) is 3. The smallest absolute Gasteiger partial charge is 0.203 e. The first kappa shape index (κ1) is 18.4. The first-order chi connectivity index (χ1) is 8.85. The molecule has 0 spiro atoms. The van der Waals surface area contributed by atoms with Crippen LogP contribution in [-0.4, -0.2) is 32.8 Å². The van der Waals surface area contributed by atoms with Gasteiger partial charge in [0.15, 0.2) is 8.32 Å². The Hall–Kier alpha value is 0.367. The lowest BCUT2D eigenvalue weighted by molar-refractivity contribution is 0.186. The van der Waals surface area contributed by atoms with E-state index in [1.54, 1.807) is 6.66 Å². The second-order valence-corrected chi connectivity index (χ2v) is 15.5. The highest BCUT2D eigenvalue weighted by atomic mass is 31.2. The lowest BCUT2D eigenvalue weighted by Gasteiger charge is -2.38. The van der Waals surface area contributed by atoms with Crippen LogP contribution in [0.1, 0.15) is 53.9 Å². The summed E-state index contributed by atoms with van der Waals surface area (Å²) >= 11 is 0. The summed E-state index contributed by atoms with van der Waals surface area (Å²) in [6, 6.07) is 0. The zero-order valence-corrected chi connectivity index (χ0v) is 16.4. The Morgan fingerprint density at radius 3 is 2.20 bits per heavy atom. The summed E-state index contributed by atoms with van der Waals surface area (Å²) in [5, 5.41) is 0.232. The first-order valence-corrected chi connectivity index (χ1v) is 12.8. The maximum atomic E-state index is 12.7. The lowest BCUT2D eigenvalue weighted by atomic mass is 10.2.